The topological polar surface area (TPSA) is 72.2 Å². The van der Waals surface area contributed by atoms with Crippen molar-refractivity contribution in [3.05, 3.63) is 49.4 Å². The highest BCUT2D eigenvalue weighted by molar-refractivity contribution is 9.11. The number of primary amides is 1. The third kappa shape index (κ3) is 3.30. The number of nitrogens with two attached hydrogens (primary N) is 1. The second-order valence-corrected chi connectivity index (χ2v) is 6.89. The quantitative estimate of drug-likeness (QED) is 0.865. The molecule has 21 heavy (non-hydrogen) atoms. The number of benzene rings is 1. The van der Waals surface area contributed by atoms with Crippen molar-refractivity contribution < 1.29 is 14.0 Å². The first-order valence-corrected chi connectivity index (χ1v) is 7.57. The van der Waals surface area contributed by atoms with Gasteiger partial charge in [-0.15, -0.1) is 11.3 Å². The van der Waals surface area contributed by atoms with E-state index in [-0.39, 0.29) is 22.7 Å². The van der Waals surface area contributed by atoms with Crippen molar-refractivity contribution in [3.8, 4) is 0 Å². The molecule has 2 amide bonds. The van der Waals surface area contributed by atoms with Crippen molar-refractivity contribution in [3.63, 3.8) is 0 Å². The van der Waals surface area contributed by atoms with Gasteiger partial charge in [0.2, 0.25) is 5.91 Å². The van der Waals surface area contributed by atoms with Gasteiger partial charge in [-0.3, -0.25) is 9.59 Å². The number of aryl methyl sites for hydroxylation is 1. The molecule has 2 aromatic rings. The van der Waals surface area contributed by atoms with Gasteiger partial charge >= 0.3 is 0 Å². The Hall–Kier alpha value is -1.73. The molecule has 0 saturated carbocycles. The van der Waals surface area contributed by atoms with Gasteiger partial charge in [-0.1, -0.05) is 0 Å². The summed E-state index contributed by atoms with van der Waals surface area (Å²) in [5.41, 5.74) is 6.58. The lowest BCUT2D eigenvalue weighted by atomic mass is 10.1. The molecule has 0 aliphatic rings. The predicted octanol–water partition coefficient (Wildman–Crippen LogP) is 3.62. The molecular weight excluding hydrogens is 359 g/mol. The van der Waals surface area contributed by atoms with E-state index in [4.69, 9.17) is 5.73 Å². The van der Waals surface area contributed by atoms with Crippen LogP contribution in [0.5, 0.6) is 0 Å². The summed E-state index contributed by atoms with van der Waals surface area (Å²) in [7, 11) is 0. The number of anilines is 1. The zero-order valence-electron chi connectivity index (χ0n) is 11.3. The fraction of sp³-hybridized carbons (Fsp3) is 0.143. The van der Waals surface area contributed by atoms with Crippen LogP contribution in [0.2, 0.25) is 0 Å². The summed E-state index contributed by atoms with van der Waals surface area (Å²) in [5.74, 6) is -1.71. The van der Waals surface area contributed by atoms with Crippen LogP contribution < -0.4 is 11.1 Å². The molecule has 1 aromatic heterocycles. The molecule has 0 unspecified atom stereocenters. The van der Waals surface area contributed by atoms with Crippen molar-refractivity contribution in [2.24, 2.45) is 5.73 Å². The van der Waals surface area contributed by atoms with Gasteiger partial charge in [-0.05, 0) is 53.5 Å². The number of thiophene rings is 1. The Bertz CT molecular complexity index is 723. The Morgan fingerprint density at radius 2 is 1.95 bits per heavy atom. The first kappa shape index (κ1) is 15.7. The first-order valence-electron chi connectivity index (χ1n) is 5.97. The van der Waals surface area contributed by atoms with Gasteiger partial charge in [-0.25, -0.2) is 4.39 Å². The highest BCUT2D eigenvalue weighted by Gasteiger charge is 2.15. The van der Waals surface area contributed by atoms with Gasteiger partial charge in [0.05, 0.1) is 8.66 Å². The largest absolute Gasteiger partial charge is 0.366 e. The minimum Gasteiger partial charge on any atom is -0.366 e. The number of carbonyl (C=O) groups is 2. The van der Waals surface area contributed by atoms with E-state index >= 15 is 0 Å². The molecule has 7 heteroatoms. The Morgan fingerprint density at radius 1 is 1.29 bits per heavy atom. The van der Waals surface area contributed by atoms with Gasteiger partial charge in [0.15, 0.2) is 0 Å². The van der Waals surface area contributed by atoms with Crippen molar-refractivity contribution in [2.45, 2.75) is 13.8 Å². The minimum absolute atomic E-state index is 0.0111. The van der Waals surface area contributed by atoms with Crippen LogP contribution in [0, 0.1) is 19.7 Å². The molecule has 0 atom stereocenters. The molecule has 1 heterocycles. The molecule has 0 radical (unpaired) electrons. The fourth-order valence-corrected chi connectivity index (χ4v) is 3.14. The van der Waals surface area contributed by atoms with Gasteiger partial charge in [0.1, 0.15) is 5.82 Å². The molecule has 3 N–H and O–H groups in total. The lowest BCUT2D eigenvalue weighted by Crippen LogP contribution is -2.15. The fourth-order valence-electron chi connectivity index (χ4n) is 1.71. The van der Waals surface area contributed by atoms with Crippen LogP contribution in [-0.4, -0.2) is 11.8 Å². The molecule has 0 saturated heterocycles. The van der Waals surface area contributed by atoms with Crippen molar-refractivity contribution in [1.29, 1.82) is 0 Å². The van der Waals surface area contributed by atoms with E-state index in [1.165, 1.54) is 24.3 Å². The Labute approximate surface area is 133 Å². The average Bonchev–Trinajstić information content (AvgIpc) is 2.74. The maximum absolute atomic E-state index is 13.8. The molecule has 0 aliphatic carbocycles. The zero-order chi connectivity index (χ0) is 15.7. The van der Waals surface area contributed by atoms with Crippen molar-refractivity contribution in [2.75, 3.05) is 5.32 Å². The van der Waals surface area contributed by atoms with E-state index in [1.807, 2.05) is 6.92 Å². The summed E-state index contributed by atoms with van der Waals surface area (Å²) >= 11 is 4.63. The molecule has 0 spiro atoms. The number of hydrogen-bond acceptors (Lipinski definition) is 3. The van der Waals surface area contributed by atoms with E-state index in [0.29, 0.717) is 4.88 Å². The first-order chi connectivity index (χ1) is 9.79. The van der Waals surface area contributed by atoms with Gasteiger partial charge in [0, 0.05) is 16.8 Å². The molecule has 4 nitrogen and oxygen atoms in total. The average molecular weight is 371 g/mol. The third-order valence-corrected chi connectivity index (χ3v) is 5.09. The molecule has 0 aliphatic heterocycles. The van der Waals surface area contributed by atoms with E-state index < -0.39 is 11.7 Å². The number of rotatable bonds is 3. The van der Waals surface area contributed by atoms with Crippen LogP contribution in [0.15, 0.2) is 22.0 Å². The van der Waals surface area contributed by atoms with Gasteiger partial charge in [0.25, 0.3) is 5.91 Å². The van der Waals surface area contributed by atoms with Crippen LogP contribution in [0.1, 0.15) is 31.2 Å². The second kappa shape index (κ2) is 5.95. The number of halogens is 2. The summed E-state index contributed by atoms with van der Waals surface area (Å²) < 4.78 is 14.6. The Morgan fingerprint density at radius 3 is 2.48 bits per heavy atom. The molecule has 1 aromatic carbocycles. The predicted molar refractivity (Wildman–Crippen MR) is 84.4 cm³/mol. The highest BCUT2D eigenvalue weighted by atomic mass is 79.9. The van der Waals surface area contributed by atoms with Crippen molar-refractivity contribution >= 4 is 44.8 Å². The summed E-state index contributed by atoms with van der Waals surface area (Å²) in [5, 5.41) is 2.61. The number of hydrogen-bond donors (Lipinski definition) is 2. The lowest BCUT2D eigenvalue weighted by molar-refractivity contribution is 0.0996. The van der Waals surface area contributed by atoms with E-state index in [1.54, 1.807) is 6.07 Å². The summed E-state index contributed by atoms with van der Waals surface area (Å²) in [6.07, 6.45) is 0. The normalized spacial score (nSPS) is 10.5. The molecular formula is C14H12BrFN2O2S. The van der Waals surface area contributed by atoms with E-state index in [2.05, 4.69) is 21.2 Å². The van der Waals surface area contributed by atoms with E-state index in [0.717, 1.165) is 15.4 Å². The van der Waals surface area contributed by atoms with Gasteiger partial charge in [-0.2, -0.15) is 0 Å². The van der Waals surface area contributed by atoms with Crippen LogP contribution in [0.3, 0.4) is 0 Å². The monoisotopic (exact) mass is 370 g/mol. The molecule has 0 bridgehead atoms. The smallest absolute Gasteiger partial charge is 0.265 e. The van der Waals surface area contributed by atoms with Gasteiger partial charge < -0.3 is 11.1 Å². The maximum atomic E-state index is 13.8. The summed E-state index contributed by atoms with van der Waals surface area (Å²) in [6, 6.07) is 4.15. The van der Waals surface area contributed by atoms with Crippen LogP contribution in [-0.2, 0) is 0 Å². The second-order valence-electron chi connectivity index (χ2n) is 4.52. The number of amides is 2. The van der Waals surface area contributed by atoms with Crippen LogP contribution in [0.25, 0.3) is 0 Å². The Kier molecular flexibility index (Phi) is 4.43. The summed E-state index contributed by atoms with van der Waals surface area (Å²) in [4.78, 5) is 23.8. The third-order valence-electron chi connectivity index (χ3n) is 2.96. The van der Waals surface area contributed by atoms with Crippen molar-refractivity contribution in [1.82, 2.24) is 0 Å². The molecule has 2 rings (SSSR count). The standard InChI is InChI=1S/C14H12BrFN2O2S/c1-6-3-11(21-12(6)15)14(20)18-10-5-8(13(17)19)4-9(16)7(10)2/h3-5H,1-2H3,(H2,17,19)(H,18,20). The number of carbonyl (C=O) groups excluding carboxylic acids is 2. The maximum Gasteiger partial charge on any atom is 0.265 e. The Balaban J connectivity index is 2.34. The highest BCUT2D eigenvalue weighted by Crippen LogP contribution is 2.28. The lowest BCUT2D eigenvalue weighted by Gasteiger charge is -2.10. The molecule has 110 valence electrons. The zero-order valence-corrected chi connectivity index (χ0v) is 13.7. The van der Waals surface area contributed by atoms with E-state index in [9.17, 15) is 14.0 Å². The van der Waals surface area contributed by atoms with Crippen LogP contribution in [0.4, 0.5) is 10.1 Å². The number of nitrogens with one attached hydrogen (secondary N) is 1. The SMILES string of the molecule is Cc1cc(C(=O)Nc2cc(C(N)=O)cc(F)c2C)sc1Br. The minimum atomic E-state index is -0.751. The summed E-state index contributed by atoms with van der Waals surface area (Å²) in [6.45, 7) is 3.39. The molecule has 0 fully saturated rings. The van der Waals surface area contributed by atoms with Crippen LogP contribution >= 0.6 is 27.3 Å².